The van der Waals surface area contributed by atoms with Crippen molar-refractivity contribution in [3.05, 3.63) is 29.6 Å². The van der Waals surface area contributed by atoms with Crippen molar-refractivity contribution >= 4 is 9.84 Å². The van der Waals surface area contributed by atoms with Crippen LogP contribution in [-0.2, 0) is 19.3 Å². The normalized spacial score (nSPS) is 17.9. The van der Waals surface area contributed by atoms with Gasteiger partial charge < -0.3 is 9.47 Å². The van der Waals surface area contributed by atoms with Crippen LogP contribution in [0.3, 0.4) is 0 Å². The zero-order chi connectivity index (χ0) is 11.8. The maximum Gasteiger partial charge on any atom is 0.185 e. The fourth-order valence-corrected chi connectivity index (χ4v) is 2.48. The first-order valence-electron chi connectivity index (χ1n) is 4.71. The Kier molecular flexibility index (Phi) is 2.96. The van der Waals surface area contributed by atoms with Crippen LogP contribution >= 0.6 is 0 Å². The molecule has 0 N–H and O–H groups in total. The minimum atomic E-state index is -3.41. The smallest absolute Gasteiger partial charge is 0.185 e. The summed E-state index contributed by atoms with van der Waals surface area (Å²) in [6, 6.07) is 3.46. The third-order valence-corrected chi connectivity index (χ3v) is 3.42. The van der Waals surface area contributed by atoms with Crippen molar-refractivity contribution in [1.82, 2.24) is 0 Å². The van der Waals surface area contributed by atoms with Crippen molar-refractivity contribution in [2.45, 2.75) is 11.2 Å². The number of hydrogen-bond donors (Lipinski definition) is 0. The molecule has 1 aromatic carbocycles. The summed E-state index contributed by atoms with van der Waals surface area (Å²) in [6.07, 6.45) is 0.277. The molecule has 4 nitrogen and oxygen atoms in total. The molecule has 0 atom stereocenters. The van der Waals surface area contributed by atoms with Gasteiger partial charge in [-0.1, -0.05) is 0 Å². The second kappa shape index (κ2) is 4.12. The first-order valence-corrected chi connectivity index (χ1v) is 6.60. The fraction of sp³-hybridized carbons (Fsp3) is 0.400. The summed E-state index contributed by atoms with van der Waals surface area (Å²) in [7, 11) is -3.41. The molecule has 0 aliphatic carbocycles. The van der Waals surface area contributed by atoms with E-state index in [0.717, 1.165) is 18.4 Å². The predicted octanol–water partition coefficient (Wildman–Crippen LogP) is 1.27. The van der Waals surface area contributed by atoms with Crippen LogP contribution in [0.5, 0.6) is 0 Å². The summed E-state index contributed by atoms with van der Waals surface area (Å²) in [6.45, 7) is 0.759. The van der Waals surface area contributed by atoms with Crippen LogP contribution < -0.4 is 0 Å². The third-order valence-electron chi connectivity index (χ3n) is 2.25. The molecule has 0 radical (unpaired) electrons. The molecule has 0 unspecified atom stereocenters. The van der Waals surface area contributed by atoms with Gasteiger partial charge in [0.05, 0.1) is 18.1 Å². The van der Waals surface area contributed by atoms with E-state index in [1.807, 2.05) is 0 Å². The van der Waals surface area contributed by atoms with Crippen LogP contribution in [-0.4, -0.2) is 27.9 Å². The largest absolute Gasteiger partial charge is 0.346 e. The molecule has 2 rings (SSSR count). The van der Waals surface area contributed by atoms with Crippen molar-refractivity contribution in [1.29, 1.82) is 0 Å². The lowest BCUT2D eigenvalue weighted by atomic mass is 10.2. The Balaban J connectivity index is 2.52. The zero-order valence-electron chi connectivity index (χ0n) is 8.64. The van der Waals surface area contributed by atoms with Crippen LogP contribution in [0.4, 0.5) is 4.39 Å². The minimum absolute atomic E-state index is 0.0424. The van der Waals surface area contributed by atoms with Crippen LogP contribution in [0.1, 0.15) is 11.9 Å². The molecule has 1 heterocycles. The molecule has 16 heavy (non-hydrogen) atoms. The van der Waals surface area contributed by atoms with Gasteiger partial charge >= 0.3 is 0 Å². The molecular formula is C10H11FO4S. The van der Waals surface area contributed by atoms with Crippen LogP contribution in [0.15, 0.2) is 23.1 Å². The number of benzene rings is 1. The average molecular weight is 246 g/mol. The van der Waals surface area contributed by atoms with Crippen molar-refractivity contribution in [2.24, 2.45) is 0 Å². The van der Waals surface area contributed by atoms with Gasteiger partial charge in [-0.3, -0.25) is 0 Å². The lowest BCUT2D eigenvalue weighted by molar-refractivity contribution is -0.0463. The second-order valence-electron chi connectivity index (χ2n) is 3.53. The number of ether oxygens (including phenoxy) is 2. The Morgan fingerprint density at radius 2 is 1.94 bits per heavy atom. The van der Waals surface area contributed by atoms with Gasteiger partial charge in [0.2, 0.25) is 0 Å². The van der Waals surface area contributed by atoms with Crippen LogP contribution in [0.25, 0.3) is 0 Å². The van der Waals surface area contributed by atoms with Gasteiger partial charge in [-0.05, 0) is 18.2 Å². The van der Waals surface area contributed by atoms with E-state index < -0.39 is 21.9 Å². The van der Waals surface area contributed by atoms with E-state index in [1.54, 1.807) is 0 Å². The van der Waals surface area contributed by atoms with Crippen molar-refractivity contribution in [3.8, 4) is 0 Å². The summed E-state index contributed by atoms with van der Waals surface area (Å²) in [4.78, 5) is 0.0424. The Morgan fingerprint density at radius 3 is 2.50 bits per heavy atom. The monoisotopic (exact) mass is 246 g/mol. The van der Waals surface area contributed by atoms with E-state index in [9.17, 15) is 12.8 Å². The maximum absolute atomic E-state index is 13.1. The number of halogens is 1. The Labute approximate surface area is 92.9 Å². The van der Waals surface area contributed by atoms with Gasteiger partial charge in [0.15, 0.2) is 16.1 Å². The molecule has 1 saturated heterocycles. The highest BCUT2D eigenvalue weighted by Crippen LogP contribution is 2.29. The molecule has 0 bridgehead atoms. The Morgan fingerprint density at radius 1 is 1.31 bits per heavy atom. The van der Waals surface area contributed by atoms with E-state index in [2.05, 4.69) is 0 Å². The van der Waals surface area contributed by atoms with Crippen molar-refractivity contribution in [3.63, 3.8) is 0 Å². The molecule has 0 aromatic heterocycles. The predicted molar refractivity (Wildman–Crippen MR) is 54.2 cm³/mol. The topological polar surface area (TPSA) is 52.6 Å². The van der Waals surface area contributed by atoms with Gasteiger partial charge in [0.1, 0.15) is 5.82 Å². The second-order valence-corrected chi connectivity index (χ2v) is 5.51. The first-order chi connectivity index (χ1) is 7.48. The molecule has 0 amide bonds. The van der Waals surface area contributed by atoms with Crippen LogP contribution in [0.2, 0.25) is 0 Å². The highest BCUT2D eigenvalue weighted by molar-refractivity contribution is 7.90. The molecular weight excluding hydrogens is 235 g/mol. The van der Waals surface area contributed by atoms with E-state index in [0.29, 0.717) is 13.2 Å². The molecule has 0 saturated carbocycles. The Hall–Kier alpha value is -0.980. The van der Waals surface area contributed by atoms with Crippen LogP contribution in [0, 0.1) is 5.82 Å². The first kappa shape index (κ1) is 11.5. The highest BCUT2D eigenvalue weighted by atomic mass is 32.2. The summed E-state index contributed by atoms with van der Waals surface area (Å²) in [5.41, 5.74) is 0.222. The van der Waals surface area contributed by atoms with Gasteiger partial charge in [-0.2, -0.15) is 0 Å². The fourth-order valence-electron chi connectivity index (χ4n) is 1.58. The molecule has 1 aliphatic heterocycles. The maximum atomic E-state index is 13.1. The van der Waals surface area contributed by atoms with E-state index >= 15 is 0 Å². The standard InChI is InChI=1S/C10H11FO4S/c1-16(12,13)9-3-2-7(11)6-8(9)10-14-4-5-15-10/h2-3,6,10H,4-5H2,1H3. The van der Waals surface area contributed by atoms with Gasteiger partial charge in [0.25, 0.3) is 0 Å². The lowest BCUT2D eigenvalue weighted by Crippen LogP contribution is -2.08. The molecule has 1 aliphatic rings. The summed E-state index contributed by atoms with van der Waals surface area (Å²) in [5, 5.41) is 0. The Bertz CT molecular complexity index is 492. The number of hydrogen-bond acceptors (Lipinski definition) is 4. The number of sulfone groups is 1. The van der Waals surface area contributed by atoms with E-state index in [-0.39, 0.29) is 10.5 Å². The van der Waals surface area contributed by atoms with Crippen molar-refractivity contribution < 1.29 is 22.3 Å². The van der Waals surface area contributed by atoms with E-state index in [1.165, 1.54) is 6.07 Å². The third kappa shape index (κ3) is 2.23. The zero-order valence-corrected chi connectivity index (χ0v) is 9.46. The molecule has 1 fully saturated rings. The quantitative estimate of drug-likeness (QED) is 0.737. The molecule has 6 heteroatoms. The minimum Gasteiger partial charge on any atom is -0.346 e. The SMILES string of the molecule is CS(=O)(=O)c1ccc(F)cc1C1OCCO1. The van der Waals surface area contributed by atoms with Gasteiger partial charge in [-0.15, -0.1) is 0 Å². The number of rotatable bonds is 2. The van der Waals surface area contributed by atoms with Gasteiger partial charge in [0, 0.05) is 11.8 Å². The molecule has 0 spiro atoms. The van der Waals surface area contributed by atoms with Crippen molar-refractivity contribution in [2.75, 3.05) is 19.5 Å². The summed E-state index contributed by atoms with van der Waals surface area (Å²) >= 11 is 0. The summed E-state index contributed by atoms with van der Waals surface area (Å²) < 4.78 is 46.4. The molecule has 1 aromatic rings. The lowest BCUT2D eigenvalue weighted by Gasteiger charge is -2.13. The molecule has 88 valence electrons. The van der Waals surface area contributed by atoms with Gasteiger partial charge in [-0.25, -0.2) is 12.8 Å². The summed E-state index contributed by atoms with van der Waals surface area (Å²) in [5.74, 6) is -0.512. The average Bonchev–Trinajstić information content (AvgIpc) is 2.68. The van der Waals surface area contributed by atoms with E-state index in [4.69, 9.17) is 9.47 Å². The highest BCUT2D eigenvalue weighted by Gasteiger charge is 2.25.